The van der Waals surface area contributed by atoms with Crippen LogP contribution in [0.15, 0.2) is 48.9 Å². The van der Waals surface area contributed by atoms with Crippen molar-refractivity contribution < 1.29 is 0 Å². The lowest BCUT2D eigenvalue weighted by molar-refractivity contribution is 0.315. The topological polar surface area (TPSA) is 27.3 Å². The number of nitrogens with zero attached hydrogens (tertiary/aromatic N) is 1. The molecule has 0 amide bonds. The maximum Gasteiger partial charge on any atom is 0.0674 e. The second-order valence-electron chi connectivity index (χ2n) is 8.89. The predicted molar refractivity (Wildman–Crippen MR) is 128 cm³/mol. The van der Waals surface area contributed by atoms with Gasteiger partial charge >= 0.3 is 0 Å². The molecular formula is C25H42BN3. The minimum Gasteiger partial charge on any atom is -0.382 e. The molecular weight excluding hydrogens is 353 g/mol. The van der Waals surface area contributed by atoms with Gasteiger partial charge in [0.2, 0.25) is 0 Å². The number of rotatable bonds is 13. The normalized spacial score (nSPS) is 29.3. The van der Waals surface area contributed by atoms with Crippen molar-refractivity contribution in [2.24, 2.45) is 11.8 Å². The Morgan fingerprint density at radius 3 is 2.72 bits per heavy atom. The van der Waals surface area contributed by atoms with Crippen LogP contribution in [0.3, 0.4) is 0 Å². The summed E-state index contributed by atoms with van der Waals surface area (Å²) in [4.78, 5) is 2.32. The first-order valence-corrected chi connectivity index (χ1v) is 11.6. The first kappa shape index (κ1) is 23.9. The van der Waals surface area contributed by atoms with Crippen LogP contribution in [0.1, 0.15) is 59.3 Å². The van der Waals surface area contributed by atoms with Gasteiger partial charge in [-0.3, -0.25) is 0 Å². The Bertz CT molecular complexity index is 579. The molecule has 3 nitrogen and oxygen atoms in total. The molecule has 0 aromatic heterocycles. The van der Waals surface area contributed by atoms with Gasteiger partial charge in [0.1, 0.15) is 0 Å². The second kappa shape index (κ2) is 12.3. The minimum atomic E-state index is 0.438. The van der Waals surface area contributed by atoms with Crippen molar-refractivity contribution in [2.45, 2.75) is 89.8 Å². The Hall–Kier alpha value is -1.42. The summed E-state index contributed by atoms with van der Waals surface area (Å²) in [6, 6.07) is 2.05. The number of allylic oxidation sites excluding steroid dienone is 4. The van der Waals surface area contributed by atoms with Gasteiger partial charge in [-0.05, 0) is 74.9 Å². The molecule has 0 aliphatic heterocycles. The van der Waals surface area contributed by atoms with Crippen molar-refractivity contribution in [3.8, 4) is 0 Å². The minimum absolute atomic E-state index is 0.438. The van der Waals surface area contributed by atoms with Gasteiger partial charge in [-0.25, -0.2) is 0 Å². The molecule has 2 N–H and O–H groups in total. The van der Waals surface area contributed by atoms with Crippen LogP contribution in [0.25, 0.3) is 0 Å². The Labute approximate surface area is 181 Å². The molecule has 29 heavy (non-hydrogen) atoms. The van der Waals surface area contributed by atoms with E-state index in [9.17, 15) is 0 Å². The lowest BCUT2D eigenvalue weighted by Crippen LogP contribution is -2.36. The van der Waals surface area contributed by atoms with Crippen molar-refractivity contribution in [2.75, 3.05) is 7.05 Å². The summed E-state index contributed by atoms with van der Waals surface area (Å²) >= 11 is 0. The summed E-state index contributed by atoms with van der Waals surface area (Å²) in [6.45, 7) is 10.7. The average molecular weight is 395 g/mol. The third-order valence-electron chi connectivity index (χ3n) is 6.67. The van der Waals surface area contributed by atoms with Gasteiger partial charge in [-0.15, -0.1) is 6.58 Å². The summed E-state index contributed by atoms with van der Waals surface area (Å²) in [5.41, 5.74) is 1.18. The molecule has 2 radical (unpaired) electrons. The summed E-state index contributed by atoms with van der Waals surface area (Å²) in [7, 11) is 7.99. The van der Waals surface area contributed by atoms with E-state index in [0.717, 1.165) is 24.7 Å². The van der Waals surface area contributed by atoms with Gasteiger partial charge in [0, 0.05) is 30.9 Å². The Morgan fingerprint density at radius 2 is 2.14 bits per heavy atom. The fraction of sp³-hybridized carbons (Fsp3) is 0.680. The van der Waals surface area contributed by atoms with E-state index in [1.165, 1.54) is 31.4 Å². The van der Waals surface area contributed by atoms with Crippen molar-refractivity contribution >= 4 is 7.85 Å². The summed E-state index contributed by atoms with van der Waals surface area (Å²) < 4.78 is 0. The molecule has 2 saturated carbocycles. The molecule has 2 rings (SSSR count). The standard InChI is InChI=1S/C25H42BN3/c1-6-11-21(28-23(12-7-2)22-15-9-13-19(22)4)14-10-16-29(5)25-17-24(25)27-20(8-3)18-26/h6-7,10-11,14,16,19-20,22-25,27-28H,2,8-9,12-13,15,17-18H2,1,3-5H3/b11-6+,16-10-,21-14+. The molecule has 6 atom stereocenters. The number of nitrogens with one attached hydrogen (secondary N) is 2. The van der Waals surface area contributed by atoms with E-state index in [2.05, 4.69) is 86.5 Å². The largest absolute Gasteiger partial charge is 0.382 e. The molecule has 0 spiro atoms. The zero-order valence-electron chi connectivity index (χ0n) is 19.1. The maximum absolute atomic E-state index is 5.82. The van der Waals surface area contributed by atoms with Gasteiger partial charge in [-0.2, -0.15) is 0 Å². The van der Waals surface area contributed by atoms with Crippen LogP contribution < -0.4 is 10.6 Å². The first-order valence-electron chi connectivity index (χ1n) is 11.6. The van der Waals surface area contributed by atoms with Crippen LogP contribution in [0.4, 0.5) is 0 Å². The van der Waals surface area contributed by atoms with Crippen molar-refractivity contribution in [3.05, 3.63) is 48.9 Å². The first-order chi connectivity index (χ1) is 14.0. The lowest BCUT2D eigenvalue weighted by Gasteiger charge is -2.28. The summed E-state index contributed by atoms with van der Waals surface area (Å²) in [5.74, 6) is 1.53. The van der Waals surface area contributed by atoms with E-state index < -0.39 is 0 Å². The van der Waals surface area contributed by atoms with Crippen LogP contribution in [0.2, 0.25) is 6.32 Å². The van der Waals surface area contributed by atoms with Gasteiger partial charge in [0.25, 0.3) is 0 Å². The quantitative estimate of drug-likeness (QED) is 0.262. The van der Waals surface area contributed by atoms with Gasteiger partial charge in [0.15, 0.2) is 0 Å². The third-order valence-corrected chi connectivity index (χ3v) is 6.67. The Kier molecular flexibility index (Phi) is 10.1. The van der Waals surface area contributed by atoms with E-state index in [1.54, 1.807) is 0 Å². The molecule has 0 aromatic carbocycles. The van der Waals surface area contributed by atoms with Crippen LogP contribution in [0, 0.1) is 11.8 Å². The highest BCUT2D eigenvalue weighted by atomic mass is 15.2. The average Bonchev–Trinajstić information content (AvgIpc) is 3.36. The molecule has 2 aliphatic carbocycles. The molecule has 160 valence electrons. The number of likely N-dealkylation sites (N-methyl/N-ethyl adjacent to an activating group) is 1. The van der Waals surface area contributed by atoms with Crippen LogP contribution in [0.5, 0.6) is 0 Å². The highest BCUT2D eigenvalue weighted by Crippen LogP contribution is 2.35. The highest BCUT2D eigenvalue weighted by Gasteiger charge is 2.39. The van der Waals surface area contributed by atoms with Gasteiger partial charge in [0.05, 0.1) is 7.85 Å². The fourth-order valence-corrected chi connectivity index (χ4v) is 4.70. The van der Waals surface area contributed by atoms with E-state index in [0.29, 0.717) is 30.5 Å². The predicted octanol–water partition coefficient (Wildman–Crippen LogP) is 4.96. The molecule has 0 saturated heterocycles. The highest BCUT2D eigenvalue weighted by molar-refractivity contribution is 6.08. The number of hydrogen-bond donors (Lipinski definition) is 2. The van der Waals surface area contributed by atoms with Gasteiger partial charge in [-0.1, -0.05) is 45.2 Å². The van der Waals surface area contributed by atoms with Gasteiger partial charge < -0.3 is 15.5 Å². The van der Waals surface area contributed by atoms with E-state index in [4.69, 9.17) is 7.85 Å². The molecule has 4 heteroatoms. The van der Waals surface area contributed by atoms with Crippen molar-refractivity contribution in [1.29, 1.82) is 0 Å². The molecule has 6 unspecified atom stereocenters. The Morgan fingerprint density at radius 1 is 1.34 bits per heavy atom. The van der Waals surface area contributed by atoms with Crippen LogP contribution in [-0.2, 0) is 0 Å². The maximum atomic E-state index is 5.82. The van der Waals surface area contributed by atoms with Crippen molar-refractivity contribution in [3.63, 3.8) is 0 Å². The SMILES string of the molecule is [B]CC(CC)NC1CC1N(C)\C=C/C=C(\C=C\C)NC(CC=C)C1CCCC1C. The van der Waals surface area contributed by atoms with Crippen LogP contribution >= 0.6 is 0 Å². The Balaban J connectivity index is 1.93. The summed E-state index contributed by atoms with van der Waals surface area (Å²) in [5, 5.41) is 7.47. The monoisotopic (exact) mass is 395 g/mol. The molecule has 2 fully saturated rings. The summed E-state index contributed by atoms with van der Waals surface area (Å²) in [6.07, 6.45) is 21.0. The van der Waals surface area contributed by atoms with E-state index in [1.807, 2.05) is 0 Å². The van der Waals surface area contributed by atoms with Crippen LogP contribution in [-0.4, -0.2) is 44.0 Å². The van der Waals surface area contributed by atoms with E-state index in [-0.39, 0.29) is 0 Å². The number of hydrogen-bond acceptors (Lipinski definition) is 3. The third kappa shape index (κ3) is 7.40. The smallest absolute Gasteiger partial charge is 0.0674 e. The van der Waals surface area contributed by atoms with E-state index >= 15 is 0 Å². The second-order valence-corrected chi connectivity index (χ2v) is 8.89. The fourth-order valence-electron chi connectivity index (χ4n) is 4.70. The molecule has 0 heterocycles. The zero-order valence-corrected chi connectivity index (χ0v) is 19.1. The zero-order chi connectivity index (χ0) is 21.2. The lowest BCUT2D eigenvalue weighted by atomic mass is 9.88. The molecule has 0 aromatic rings. The molecule has 2 aliphatic rings. The molecule has 0 bridgehead atoms. The van der Waals surface area contributed by atoms with Crippen molar-refractivity contribution in [1.82, 2.24) is 15.5 Å².